The molecule has 0 aromatic heterocycles. The van der Waals surface area contributed by atoms with Crippen molar-refractivity contribution in [3.8, 4) is 0 Å². The van der Waals surface area contributed by atoms with E-state index in [1.807, 2.05) is 6.92 Å². The average Bonchev–Trinajstić information content (AvgIpc) is 2.43. The Hall–Kier alpha value is -0.590. The van der Waals surface area contributed by atoms with Crippen LogP contribution in [0.3, 0.4) is 0 Å². The van der Waals surface area contributed by atoms with Crippen molar-refractivity contribution in [2.75, 3.05) is 0 Å². The normalized spacial score (nSPS) is 11.8. The Kier molecular flexibility index (Phi) is 15.0. The number of hydrogen-bond acceptors (Lipinski definition) is 1. The highest BCUT2D eigenvalue weighted by Gasteiger charge is 1.96. The minimum absolute atomic E-state index is 0.633. The molecule has 0 bridgehead atoms. The van der Waals surface area contributed by atoms with Crippen LogP contribution in [-0.4, -0.2) is 6.29 Å². The van der Waals surface area contributed by atoms with Gasteiger partial charge in [0.1, 0.15) is 6.29 Å². The van der Waals surface area contributed by atoms with Crippen LogP contribution in [0.15, 0.2) is 11.6 Å². The molecule has 0 N–H and O–H groups in total. The lowest BCUT2D eigenvalue weighted by Gasteiger charge is -2.04. The van der Waals surface area contributed by atoms with Gasteiger partial charge in [-0.25, -0.2) is 0 Å². The second kappa shape index (κ2) is 15.5. The van der Waals surface area contributed by atoms with Crippen LogP contribution in [0.4, 0.5) is 0 Å². The SMILES string of the molecule is CC=C(CC=O)CCCCCCCCCCCCC. The topological polar surface area (TPSA) is 17.1 Å². The summed E-state index contributed by atoms with van der Waals surface area (Å²) in [5, 5.41) is 0. The van der Waals surface area contributed by atoms with Crippen molar-refractivity contribution in [1.82, 2.24) is 0 Å². The smallest absolute Gasteiger partial charge is 0.124 e. The Morgan fingerprint density at radius 1 is 0.789 bits per heavy atom. The third-order valence-corrected chi connectivity index (χ3v) is 3.86. The molecule has 0 saturated heterocycles. The maximum absolute atomic E-state index is 10.4. The first kappa shape index (κ1) is 18.4. The van der Waals surface area contributed by atoms with Crippen LogP contribution < -0.4 is 0 Å². The molecule has 1 heteroatoms. The minimum Gasteiger partial charge on any atom is -0.303 e. The summed E-state index contributed by atoms with van der Waals surface area (Å²) in [4.78, 5) is 10.4. The lowest BCUT2D eigenvalue weighted by atomic mass is 10.0. The molecule has 0 aromatic carbocycles. The molecule has 0 amide bonds. The molecule has 0 unspecified atom stereocenters. The van der Waals surface area contributed by atoms with Crippen molar-refractivity contribution in [3.05, 3.63) is 11.6 Å². The van der Waals surface area contributed by atoms with Gasteiger partial charge < -0.3 is 4.79 Å². The fourth-order valence-electron chi connectivity index (χ4n) is 2.49. The second-order valence-corrected chi connectivity index (χ2v) is 5.60. The molecule has 0 aliphatic heterocycles. The summed E-state index contributed by atoms with van der Waals surface area (Å²) in [6.07, 6.45) is 20.1. The van der Waals surface area contributed by atoms with Gasteiger partial charge >= 0.3 is 0 Å². The zero-order valence-electron chi connectivity index (χ0n) is 13.3. The van der Waals surface area contributed by atoms with E-state index in [1.54, 1.807) is 0 Å². The molecule has 0 fully saturated rings. The van der Waals surface area contributed by atoms with Crippen molar-refractivity contribution in [1.29, 1.82) is 0 Å². The van der Waals surface area contributed by atoms with E-state index in [0.717, 1.165) is 12.7 Å². The quantitative estimate of drug-likeness (QED) is 0.207. The van der Waals surface area contributed by atoms with Gasteiger partial charge in [0.2, 0.25) is 0 Å². The largest absolute Gasteiger partial charge is 0.303 e. The number of allylic oxidation sites excluding steroid dienone is 2. The van der Waals surface area contributed by atoms with Gasteiger partial charge in [0, 0.05) is 6.42 Å². The van der Waals surface area contributed by atoms with Crippen molar-refractivity contribution in [3.63, 3.8) is 0 Å². The first-order valence-corrected chi connectivity index (χ1v) is 8.42. The highest BCUT2D eigenvalue weighted by Crippen LogP contribution is 2.14. The van der Waals surface area contributed by atoms with Crippen LogP contribution in [0.5, 0.6) is 0 Å². The van der Waals surface area contributed by atoms with Crippen LogP contribution >= 0.6 is 0 Å². The number of rotatable bonds is 14. The molecule has 112 valence electrons. The summed E-state index contributed by atoms with van der Waals surface area (Å²) in [5.41, 5.74) is 1.31. The zero-order valence-corrected chi connectivity index (χ0v) is 13.3. The second-order valence-electron chi connectivity index (χ2n) is 5.60. The number of carbonyl (C=O) groups is 1. The standard InChI is InChI=1S/C18H34O/c1-3-5-6-7-8-9-10-11-12-13-14-15-18(4-2)16-17-19/h4,17H,3,5-16H2,1-2H3. The lowest BCUT2D eigenvalue weighted by molar-refractivity contribution is -0.107. The molecule has 0 heterocycles. The third kappa shape index (κ3) is 13.6. The van der Waals surface area contributed by atoms with E-state index in [2.05, 4.69) is 13.0 Å². The van der Waals surface area contributed by atoms with Gasteiger partial charge in [-0.1, -0.05) is 82.8 Å². The fourth-order valence-corrected chi connectivity index (χ4v) is 2.49. The van der Waals surface area contributed by atoms with Crippen molar-refractivity contribution >= 4 is 6.29 Å². The van der Waals surface area contributed by atoms with Crippen LogP contribution in [-0.2, 0) is 4.79 Å². The van der Waals surface area contributed by atoms with Crippen molar-refractivity contribution in [2.24, 2.45) is 0 Å². The number of hydrogen-bond donors (Lipinski definition) is 0. The Labute approximate surface area is 120 Å². The van der Waals surface area contributed by atoms with Gasteiger partial charge in [0.15, 0.2) is 0 Å². The van der Waals surface area contributed by atoms with E-state index in [0.29, 0.717) is 6.42 Å². The molecule has 1 nitrogen and oxygen atoms in total. The van der Waals surface area contributed by atoms with Crippen LogP contribution in [0, 0.1) is 0 Å². The molecule has 0 rings (SSSR count). The van der Waals surface area contributed by atoms with Gasteiger partial charge in [0.25, 0.3) is 0 Å². The lowest BCUT2D eigenvalue weighted by Crippen LogP contribution is -1.87. The Balaban J connectivity index is 3.16. The minimum atomic E-state index is 0.633. The highest BCUT2D eigenvalue weighted by molar-refractivity contribution is 5.54. The first-order valence-electron chi connectivity index (χ1n) is 8.42. The maximum Gasteiger partial charge on any atom is 0.124 e. The summed E-state index contributed by atoms with van der Waals surface area (Å²) in [6.45, 7) is 4.31. The molecule has 0 atom stereocenters. The molecule has 0 aliphatic carbocycles. The predicted octanol–water partition coefficient (Wildman–Crippen LogP) is 6.22. The summed E-state index contributed by atoms with van der Waals surface area (Å²) in [5.74, 6) is 0. The van der Waals surface area contributed by atoms with Crippen LogP contribution in [0.25, 0.3) is 0 Å². The number of unbranched alkanes of at least 4 members (excludes halogenated alkanes) is 10. The van der Waals surface area contributed by atoms with Gasteiger partial charge in [0.05, 0.1) is 0 Å². The number of carbonyl (C=O) groups excluding carboxylic acids is 1. The molecule has 0 aromatic rings. The van der Waals surface area contributed by atoms with E-state index >= 15 is 0 Å². The van der Waals surface area contributed by atoms with E-state index in [4.69, 9.17) is 0 Å². The fraction of sp³-hybridized carbons (Fsp3) is 0.833. The Morgan fingerprint density at radius 2 is 1.26 bits per heavy atom. The maximum atomic E-state index is 10.4. The Bertz CT molecular complexity index is 218. The molecular formula is C18H34O. The van der Waals surface area contributed by atoms with Gasteiger partial charge in [-0.2, -0.15) is 0 Å². The first-order chi connectivity index (χ1) is 9.35. The zero-order chi connectivity index (χ0) is 14.2. The third-order valence-electron chi connectivity index (χ3n) is 3.86. The van der Waals surface area contributed by atoms with E-state index in [1.165, 1.54) is 76.2 Å². The monoisotopic (exact) mass is 266 g/mol. The van der Waals surface area contributed by atoms with E-state index in [-0.39, 0.29) is 0 Å². The average molecular weight is 266 g/mol. The molecule has 0 saturated carbocycles. The molecule has 0 radical (unpaired) electrons. The van der Waals surface area contributed by atoms with Gasteiger partial charge in [-0.15, -0.1) is 0 Å². The van der Waals surface area contributed by atoms with Crippen molar-refractivity contribution in [2.45, 2.75) is 97.3 Å². The van der Waals surface area contributed by atoms with Gasteiger partial charge in [-0.05, 0) is 19.8 Å². The van der Waals surface area contributed by atoms with Gasteiger partial charge in [-0.3, -0.25) is 0 Å². The predicted molar refractivity (Wildman–Crippen MR) is 85.5 cm³/mol. The van der Waals surface area contributed by atoms with E-state index in [9.17, 15) is 4.79 Å². The number of aldehydes is 1. The molecule has 0 spiro atoms. The summed E-state index contributed by atoms with van der Waals surface area (Å²) < 4.78 is 0. The van der Waals surface area contributed by atoms with Crippen LogP contribution in [0.2, 0.25) is 0 Å². The van der Waals surface area contributed by atoms with Crippen molar-refractivity contribution < 1.29 is 4.79 Å². The summed E-state index contributed by atoms with van der Waals surface area (Å²) >= 11 is 0. The molecule has 19 heavy (non-hydrogen) atoms. The van der Waals surface area contributed by atoms with Crippen LogP contribution in [0.1, 0.15) is 97.3 Å². The molecule has 0 aliphatic rings. The van der Waals surface area contributed by atoms with E-state index < -0.39 is 0 Å². The highest BCUT2D eigenvalue weighted by atomic mass is 16.1. The Morgan fingerprint density at radius 3 is 1.68 bits per heavy atom. The summed E-state index contributed by atoms with van der Waals surface area (Å²) in [7, 11) is 0. The summed E-state index contributed by atoms with van der Waals surface area (Å²) in [6, 6.07) is 0. The molecular weight excluding hydrogens is 232 g/mol.